The quantitative estimate of drug-likeness (QED) is 0.688. The zero-order valence-electron chi connectivity index (χ0n) is 9.19. The van der Waals surface area contributed by atoms with Crippen LogP contribution in [0.25, 0.3) is 0 Å². The Bertz CT molecular complexity index is 304. The third-order valence-electron chi connectivity index (χ3n) is 2.39. The van der Waals surface area contributed by atoms with Gasteiger partial charge in [-0.15, -0.1) is 0 Å². The maximum absolute atomic E-state index is 11.2. The smallest absolute Gasteiger partial charge is 0.310 e. The molecule has 90 valence electrons. The van der Waals surface area contributed by atoms with E-state index in [1.807, 2.05) is 13.8 Å². The van der Waals surface area contributed by atoms with Crippen LogP contribution in [0.3, 0.4) is 0 Å². The molecular weight excluding hydrogens is 218 g/mol. The second-order valence-electron chi connectivity index (χ2n) is 3.89. The molecule has 0 aromatic rings. The van der Waals surface area contributed by atoms with Gasteiger partial charge in [-0.25, -0.2) is 13.6 Å². The third kappa shape index (κ3) is 4.61. The number of carboxylic acid groups (broad SMARTS) is 1. The molecule has 0 fully saturated rings. The first-order chi connectivity index (χ1) is 6.77. The van der Waals surface area contributed by atoms with Crippen molar-refractivity contribution in [1.82, 2.24) is 0 Å². The lowest BCUT2D eigenvalue weighted by atomic mass is 9.81. The molecule has 0 spiro atoms. The predicted octanol–water partition coefficient (Wildman–Crippen LogP) is 0.946. The van der Waals surface area contributed by atoms with Crippen LogP contribution in [0.2, 0.25) is 0 Å². The van der Waals surface area contributed by atoms with Crippen molar-refractivity contribution < 1.29 is 18.3 Å². The molecule has 6 heteroatoms. The maximum atomic E-state index is 11.2. The van der Waals surface area contributed by atoms with E-state index in [0.29, 0.717) is 25.7 Å². The minimum Gasteiger partial charge on any atom is -0.481 e. The molecule has 0 saturated carbocycles. The minimum atomic E-state index is -3.75. The number of carboxylic acids is 1. The predicted molar refractivity (Wildman–Crippen MR) is 57.9 cm³/mol. The highest BCUT2D eigenvalue weighted by molar-refractivity contribution is 7.89. The number of hydrogen-bond acceptors (Lipinski definition) is 3. The molecule has 0 aliphatic carbocycles. The van der Waals surface area contributed by atoms with Gasteiger partial charge in [0, 0.05) is 0 Å². The van der Waals surface area contributed by atoms with Crippen LogP contribution >= 0.6 is 0 Å². The Morgan fingerprint density at radius 2 is 1.67 bits per heavy atom. The molecule has 0 atom stereocenters. The fraction of sp³-hybridized carbons (Fsp3) is 0.889. The van der Waals surface area contributed by atoms with E-state index >= 15 is 0 Å². The molecule has 0 rings (SSSR count). The van der Waals surface area contributed by atoms with Gasteiger partial charge in [-0.2, -0.15) is 0 Å². The van der Waals surface area contributed by atoms with E-state index in [-0.39, 0.29) is 0 Å². The maximum Gasteiger partial charge on any atom is 0.310 e. The van der Waals surface area contributed by atoms with Gasteiger partial charge in [0.05, 0.1) is 11.2 Å². The number of rotatable bonds is 7. The van der Waals surface area contributed by atoms with Crippen LogP contribution in [-0.4, -0.2) is 25.2 Å². The van der Waals surface area contributed by atoms with Gasteiger partial charge in [-0.1, -0.05) is 26.7 Å². The van der Waals surface area contributed by atoms with E-state index in [1.165, 1.54) is 0 Å². The molecule has 0 aliphatic heterocycles. The Morgan fingerprint density at radius 3 is 1.87 bits per heavy atom. The van der Waals surface area contributed by atoms with Crippen molar-refractivity contribution in [2.24, 2.45) is 10.6 Å². The van der Waals surface area contributed by atoms with Gasteiger partial charge >= 0.3 is 5.97 Å². The van der Waals surface area contributed by atoms with Crippen molar-refractivity contribution in [2.75, 3.05) is 5.75 Å². The molecule has 5 nitrogen and oxygen atoms in total. The molecular formula is C9H19NO4S. The highest BCUT2D eigenvalue weighted by Crippen LogP contribution is 2.31. The number of hydrogen-bond donors (Lipinski definition) is 2. The second kappa shape index (κ2) is 5.46. The van der Waals surface area contributed by atoms with Crippen LogP contribution < -0.4 is 5.14 Å². The Balaban J connectivity index is 5.03. The lowest BCUT2D eigenvalue weighted by Gasteiger charge is -2.27. The highest BCUT2D eigenvalue weighted by atomic mass is 32.2. The van der Waals surface area contributed by atoms with Gasteiger partial charge in [0.1, 0.15) is 0 Å². The van der Waals surface area contributed by atoms with Crippen LogP contribution in [0.4, 0.5) is 0 Å². The van der Waals surface area contributed by atoms with Crippen molar-refractivity contribution in [3.05, 3.63) is 0 Å². The summed E-state index contributed by atoms with van der Waals surface area (Å²) < 4.78 is 22.0. The monoisotopic (exact) mass is 237 g/mol. The molecule has 0 amide bonds. The van der Waals surface area contributed by atoms with Crippen LogP contribution in [0.1, 0.15) is 39.5 Å². The molecule has 0 radical (unpaired) electrons. The second-order valence-corrected chi connectivity index (χ2v) is 5.51. The van der Waals surface area contributed by atoms with Crippen molar-refractivity contribution in [3.8, 4) is 0 Å². The molecule has 0 aliphatic rings. The zero-order chi connectivity index (χ0) is 12.1. The Labute approximate surface area is 90.7 Å². The molecule has 0 heterocycles. The van der Waals surface area contributed by atoms with E-state index in [2.05, 4.69) is 0 Å². The molecule has 0 aromatic carbocycles. The lowest BCUT2D eigenvalue weighted by molar-refractivity contribution is -0.148. The van der Waals surface area contributed by atoms with E-state index < -0.39 is 27.2 Å². The molecule has 0 saturated heterocycles. The summed E-state index contributed by atoms with van der Waals surface area (Å²) in [5.41, 5.74) is -1.21. The highest BCUT2D eigenvalue weighted by Gasteiger charge is 2.40. The van der Waals surface area contributed by atoms with Crippen molar-refractivity contribution in [3.63, 3.8) is 0 Å². The minimum absolute atomic E-state index is 0.340. The number of primary sulfonamides is 1. The van der Waals surface area contributed by atoms with Gasteiger partial charge in [0.2, 0.25) is 10.0 Å². The van der Waals surface area contributed by atoms with Crippen molar-refractivity contribution in [2.45, 2.75) is 39.5 Å². The summed E-state index contributed by atoms with van der Waals surface area (Å²) in [5, 5.41) is 14.1. The summed E-state index contributed by atoms with van der Waals surface area (Å²) in [6.07, 6.45) is 1.93. The molecule has 0 unspecified atom stereocenters. The lowest BCUT2D eigenvalue weighted by Crippen LogP contribution is -2.40. The normalized spacial score (nSPS) is 12.7. The summed E-state index contributed by atoms with van der Waals surface area (Å²) in [5.74, 6) is -1.54. The first-order valence-corrected chi connectivity index (χ1v) is 6.73. The van der Waals surface area contributed by atoms with Gasteiger partial charge in [0.15, 0.2) is 0 Å². The fourth-order valence-electron chi connectivity index (χ4n) is 1.89. The average molecular weight is 237 g/mol. The Kier molecular flexibility index (Phi) is 5.23. The molecule has 0 aromatic heterocycles. The molecule has 15 heavy (non-hydrogen) atoms. The topological polar surface area (TPSA) is 97.5 Å². The van der Waals surface area contributed by atoms with Crippen LogP contribution in [0.15, 0.2) is 0 Å². The largest absolute Gasteiger partial charge is 0.481 e. The van der Waals surface area contributed by atoms with Gasteiger partial charge in [0.25, 0.3) is 0 Å². The fourth-order valence-corrected chi connectivity index (χ4v) is 3.07. The number of aliphatic carboxylic acids is 1. The van der Waals surface area contributed by atoms with Gasteiger partial charge in [-0.3, -0.25) is 4.79 Å². The zero-order valence-corrected chi connectivity index (χ0v) is 10.0. The summed E-state index contributed by atoms with van der Waals surface area (Å²) >= 11 is 0. The molecule has 0 bridgehead atoms. The number of sulfonamides is 1. The van der Waals surface area contributed by atoms with E-state index in [9.17, 15) is 13.2 Å². The van der Waals surface area contributed by atoms with E-state index in [4.69, 9.17) is 10.2 Å². The van der Waals surface area contributed by atoms with Crippen LogP contribution in [0.5, 0.6) is 0 Å². The molecule has 3 N–H and O–H groups in total. The van der Waals surface area contributed by atoms with E-state index in [0.717, 1.165) is 0 Å². The van der Waals surface area contributed by atoms with Crippen molar-refractivity contribution >= 4 is 16.0 Å². The Hall–Kier alpha value is -0.620. The summed E-state index contributed by atoms with van der Waals surface area (Å²) in [6, 6.07) is 0. The number of nitrogens with two attached hydrogens (primary N) is 1. The van der Waals surface area contributed by atoms with Crippen molar-refractivity contribution in [1.29, 1.82) is 0 Å². The summed E-state index contributed by atoms with van der Waals surface area (Å²) in [4.78, 5) is 11.2. The first kappa shape index (κ1) is 14.4. The Morgan fingerprint density at radius 1 is 1.27 bits per heavy atom. The first-order valence-electron chi connectivity index (χ1n) is 5.01. The average Bonchev–Trinajstić information content (AvgIpc) is 2.01. The SMILES string of the molecule is CCCC(CCC)(CS(N)(=O)=O)C(=O)O. The van der Waals surface area contributed by atoms with Crippen LogP contribution in [-0.2, 0) is 14.8 Å². The summed E-state index contributed by atoms with van der Waals surface area (Å²) in [6.45, 7) is 3.66. The summed E-state index contributed by atoms with van der Waals surface area (Å²) in [7, 11) is -3.75. The van der Waals surface area contributed by atoms with Crippen LogP contribution in [0, 0.1) is 5.41 Å². The standard InChI is InChI=1S/C9H19NO4S/c1-3-5-9(6-4-2,8(11)12)7-15(10,13)14/h3-7H2,1-2H3,(H,11,12)(H2,10,13,14). The van der Waals surface area contributed by atoms with E-state index in [1.54, 1.807) is 0 Å². The number of carbonyl (C=O) groups is 1. The van der Waals surface area contributed by atoms with Gasteiger partial charge < -0.3 is 5.11 Å². The third-order valence-corrected chi connectivity index (χ3v) is 3.34. The van der Waals surface area contributed by atoms with Gasteiger partial charge in [-0.05, 0) is 12.8 Å².